The van der Waals surface area contributed by atoms with Crippen molar-refractivity contribution in [3.8, 4) is 33.6 Å². The van der Waals surface area contributed by atoms with Crippen molar-refractivity contribution in [2.75, 3.05) is 5.32 Å². The van der Waals surface area contributed by atoms with Crippen LogP contribution in [0, 0.1) is 0 Å². The molecular formula is C27H32N8O2S. The first kappa shape index (κ1) is 24.7. The van der Waals surface area contributed by atoms with Crippen LogP contribution in [-0.4, -0.2) is 55.3 Å². The smallest absolute Gasteiger partial charge is 0.214 e. The van der Waals surface area contributed by atoms with E-state index in [4.69, 9.17) is 9.97 Å². The highest BCUT2D eigenvalue weighted by Gasteiger charge is 2.37. The second kappa shape index (κ2) is 9.95. The molecule has 2 aliphatic rings. The zero-order valence-electron chi connectivity index (χ0n) is 21.6. The summed E-state index contributed by atoms with van der Waals surface area (Å²) in [6.45, 7) is 0. The predicted octanol–water partition coefficient (Wildman–Crippen LogP) is 3.75. The van der Waals surface area contributed by atoms with E-state index in [1.807, 2.05) is 57.2 Å². The summed E-state index contributed by atoms with van der Waals surface area (Å²) in [7, 11) is 0.625. The molecule has 0 bridgehead atoms. The Morgan fingerprint density at radius 2 is 1.47 bits per heavy atom. The number of hydrogen-bond acceptors (Lipinski definition) is 7. The molecule has 11 heteroatoms. The minimum absolute atomic E-state index is 0.00706. The van der Waals surface area contributed by atoms with Crippen LogP contribution in [-0.2, 0) is 24.1 Å². The molecule has 2 fully saturated rings. The van der Waals surface area contributed by atoms with Gasteiger partial charge in [-0.05, 0) is 50.2 Å². The number of benzene rings is 1. The SMILES string of the molecule is Cn1cc(-c2cccc(-c3ncc(-c4cnn(C)c4)c(NC4CCC(NS(=O)(=O)C5CC5)CC4)n3)c2)cn1. The fourth-order valence-electron chi connectivity index (χ4n) is 5.07. The molecule has 0 aliphatic heterocycles. The van der Waals surface area contributed by atoms with Gasteiger partial charge in [-0.25, -0.2) is 23.1 Å². The van der Waals surface area contributed by atoms with Gasteiger partial charge in [0.15, 0.2) is 5.82 Å². The molecule has 0 amide bonds. The van der Waals surface area contributed by atoms with Crippen molar-refractivity contribution in [1.29, 1.82) is 0 Å². The maximum atomic E-state index is 12.4. The Kier molecular flexibility index (Phi) is 6.48. The Morgan fingerprint density at radius 3 is 2.13 bits per heavy atom. The van der Waals surface area contributed by atoms with E-state index in [1.54, 1.807) is 9.36 Å². The Labute approximate surface area is 222 Å². The van der Waals surface area contributed by atoms with Crippen LogP contribution in [0.4, 0.5) is 5.82 Å². The van der Waals surface area contributed by atoms with E-state index in [0.29, 0.717) is 5.82 Å². The monoisotopic (exact) mass is 532 g/mol. The Bertz CT molecular complexity index is 1550. The van der Waals surface area contributed by atoms with Crippen molar-refractivity contribution in [2.45, 2.75) is 55.9 Å². The van der Waals surface area contributed by atoms with Crippen molar-refractivity contribution >= 4 is 15.8 Å². The van der Waals surface area contributed by atoms with Gasteiger partial charge < -0.3 is 5.32 Å². The second-order valence-electron chi connectivity index (χ2n) is 10.4. The van der Waals surface area contributed by atoms with Crippen LogP contribution in [0.5, 0.6) is 0 Å². The molecule has 6 rings (SSSR count). The number of hydrogen-bond donors (Lipinski definition) is 2. The highest BCUT2D eigenvalue weighted by Crippen LogP contribution is 2.33. The molecule has 0 spiro atoms. The largest absolute Gasteiger partial charge is 0.367 e. The van der Waals surface area contributed by atoms with E-state index in [2.05, 4.69) is 32.4 Å². The van der Waals surface area contributed by atoms with Crippen LogP contribution in [0.25, 0.3) is 33.6 Å². The molecule has 3 aromatic heterocycles. The molecule has 1 aromatic carbocycles. The summed E-state index contributed by atoms with van der Waals surface area (Å²) in [6.07, 6.45) is 14.3. The third-order valence-corrected chi connectivity index (χ3v) is 9.34. The summed E-state index contributed by atoms with van der Waals surface area (Å²) in [4.78, 5) is 9.70. The molecular weight excluding hydrogens is 500 g/mol. The van der Waals surface area contributed by atoms with Gasteiger partial charge in [0, 0.05) is 67.0 Å². The van der Waals surface area contributed by atoms with Gasteiger partial charge in [0.1, 0.15) is 5.82 Å². The molecule has 2 aliphatic carbocycles. The van der Waals surface area contributed by atoms with Crippen molar-refractivity contribution in [3.63, 3.8) is 0 Å². The first-order chi connectivity index (χ1) is 18.3. The van der Waals surface area contributed by atoms with Gasteiger partial charge in [-0.1, -0.05) is 18.2 Å². The molecule has 0 atom stereocenters. The number of nitrogens with zero attached hydrogens (tertiary/aromatic N) is 6. The number of aromatic nitrogens is 6. The summed E-state index contributed by atoms with van der Waals surface area (Å²) in [5, 5.41) is 12.1. The van der Waals surface area contributed by atoms with Gasteiger partial charge in [0.25, 0.3) is 0 Å². The summed E-state index contributed by atoms with van der Waals surface area (Å²) in [6, 6.07) is 8.35. The van der Waals surface area contributed by atoms with Crippen LogP contribution in [0.2, 0.25) is 0 Å². The van der Waals surface area contributed by atoms with E-state index < -0.39 is 10.0 Å². The highest BCUT2D eigenvalue weighted by atomic mass is 32.2. The van der Waals surface area contributed by atoms with Crippen LogP contribution in [0.3, 0.4) is 0 Å². The molecule has 0 saturated heterocycles. The van der Waals surface area contributed by atoms with E-state index in [-0.39, 0.29) is 17.3 Å². The van der Waals surface area contributed by atoms with Crippen molar-refractivity contribution in [2.24, 2.45) is 14.1 Å². The fourth-order valence-corrected chi connectivity index (χ4v) is 6.72. The molecule has 4 aromatic rings. The number of anilines is 1. The van der Waals surface area contributed by atoms with Gasteiger partial charge in [-0.3, -0.25) is 9.36 Å². The van der Waals surface area contributed by atoms with Crippen LogP contribution >= 0.6 is 0 Å². The summed E-state index contributed by atoms with van der Waals surface area (Å²) < 4.78 is 31.2. The van der Waals surface area contributed by atoms with Gasteiger partial charge >= 0.3 is 0 Å². The quantitative estimate of drug-likeness (QED) is 0.355. The average Bonchev–Trinajstić information content (AvgIpc) is 3.57. The lowest BCUT2D eigenvalue weighted by Gasteiger charge is -2.30. The maximum absolute atomic E-state index is 12.4. The van der Waals surface area contributed by atoms with E-state index in [9.17, 15) is 8.42 Å². The van der Waals surface area contributed by atoms with Crippen LogP contribution in [0.1, 0.15) is 38.5 Å². The molecule has 0 radical (unpaired) electrons. The normalized spacial score (nSPS) is 19.9. The lowest BCUT2D eigenvalue weighted by molar-refractivity contribution is 0.387. The first-order valence-corrected chi connectivity index (χ1v) is 14.6. The minimum Gasteiger partial charge on any atom is -0.367 e. The van der Waals surface area contributed by atoms with E-state index in [1.165, 1.54) is 0 Å². The Morgan fingerprint density at radius 1 is 0.816 bits per heavy atom. The third-order valence-electron chi connectivity index (χ3n) is 7.33. The second-order valence-corrected chi connectivity index (χ2v) is 12.4. The maximum Gasteiger partial charge on any atom is 0.214 e. The van der Waals surface area contributed by atoms with E-state index >= 15 is 0 Å². The molecule has 3 heterocycles. The van der Waals surface area contributed by atoms with Crippen LogP contribution < -0.4 is 10.0 Å². The Hall–Kier alpha value is -3.57. The molecule has 2 N–H and O–H groups in total. The van der Waals surface area contributed by atoms with Crippen molar-refractivity contribution < 1.29 is 8.42 Å². The topological polar surface area (TPSA) is 120 Å². The summed E-state index contributed by atoms with van der Waals surface area (Å²) in [5.74, 6) is 1.40. The minimum atomic E-state index is -3.17. The van der Waals surface area contributed by atoms with Gasteiger partial charge in [0.2, 0.25) is 10.0 Å². The highest BCUT2D eigenvalue weighted by molar-refractivity contribution is 7.90. The molecule has 0 unspecified atom stereocenters. The molecule has 10 nitrogen and oxygen atoms in total. The number of sulfonamides is 1. The zero-order valence-corrected chi connectivity index (χ0v) is 22.4. The zero-order chi connectivity index (χ0) is 26.3. The third kappa shape index (κ3) is 5.34. The summed E-state index contributed by atoms with van der Waals surface area (Å²) in [5.41, 5.74) is 4.84. The summed E-state index contributed by atoms with van der Waals surface area (Å²) >= 11 is 0. The first-order valence-electron chi connectivity index (χ1n) is 13.1. The van der Waals surface area contributed by atoms with Crippen LogP contribution in [0.15, 0.2) is 55.2 Å². The van der Waals surface area contributed by atoms with Gasteiger partial charge in [0.05, 0.1) is 17.6 Å². The molecule has 198 valence electrons. The van der Waals surface area contributed by atoms with Crippen molar-refractivity contribution in [1.82, 2.24) is 34.3 Å². The molecule has 2 saturated carbocycles. The molecule has 38 heavy (non-hydrogen) atoms. The average molecular weight is 533 g/mol. The number of rotatable bonds is 8. The number of nitrogens with one attached hydrogen (secondary N) is 2. The van der Waals surface area contributed by atoms with Gasteiger partial charge in [-0.2, -0.15) is 10.2 Å². The fraction of sp³-hybridized carbons (Fsp3) is 0.407. The standard InChI is InChI=1S/C27H32N8O2S/c1-34-16-20(13-29-34)18-4-3-5-19(12-18)26-28-15-25(21-14-30-35(2)17-21)27(32-26)31-22-6-8-23(9-7-22)33-38(36,37)24-10-11-24/h3-5,12-17,22-24,33H,6-11H2,1-2H3,(H,28,31,32). The lowest BCUT2D eigenvalue weighted by atomic mass is 9.91. The Balaban J connectivity index is 1.24. The predicted molar refractivity (Wildman–Crippen MR) is 147 cm³/mol. The van der Waals surface area contributed by atoms with E-state index in [0.717, 1.165) is 72.2 Å². The number of aryl methyl sites for hydroxylation is 2. The van der Waals surface area contributed by atoms with Crippen molar-refractivity contribution in [3.05, 3.63) is 55.2 Å². The lowest BCUT2D eigenvalue weighted by Crippen LogP contribution is -2.41. The van der Waals surface area contributed by atoms with Gasteiger partial charge in [-0.15, -0.1) is 0 Å².